The van der Waals surface area contributed by atoms with E-state index >= 15 is 0 Å². The second kappa shape index (κ2) is 4.07. The number of hydrogen-bond donors (Lipinski definition) is 0. The van der Waals surface area contributed by atoms with E-state index in [1.54, 1.807) is 0 Å². The molecule has 0 spiro atoms. The number of ketones is 1. The highest BCUT2D eigenvalue weighted by molar-refractivity contribution is 6.03. The van der Waals surface area contributed by atoms with Crippen molar-refractivity contribution in [2.75, 3.05) is 13.1 Å². The van der Waals surface area contributed by atoms with E-state index in [0.29, 0.717) is 11.8 Å². The highest BCUT2D eigenvalue weighted by atomic mass is 16.5. The largest absolute Gasteiger partial charge is 0.489 e. The maximum Gasteiger partial charge on any atom is 0.175 e. The summed E-state index contributed by atoms with van der Waals surface area (Å²) < 4.78 is 6.15. The van der Waals surface area contributed by atoms with Gasteiger partial charge in [0.15, 0.2) is 5.78 Å². The van der Waals surface area contributed by atoms with Crippen molar-refractivity contribution in [2.24, 2.45) is 5.92 Å². The first kappa shape index (κ1) is 11.5. The van der Waals surface area contributed by atoms with Crippen molar-refractivity contribution < 1.29 is 9.53 Å². The Hall–Kier alpha value is -1.35. The first-order valence-corrected chi connectivity index (χ1v) is 7.30. The lowest BCUT2D eigenvalue weighted by atomic mass is 9.78. The molecule has 0 saturated carbocycles. The van der Waals surface area contributed by atoms with Crippen molar-refractivity contribution in [1.82, 2.24) is 4.90 Å². The normalized spacial score (nSPS) is 33.3. The zero-order valence-corrected chi connectivity index (χ0v) is 11.3. The van der Waals surface area contributed by atoms with Crippen molar-refractivity contribution in [3.8, 4) is 5.75 Å². The maximum absolute atomic E-state index is 12.9. The average Bonchev–Trinajstić information content (AvgIpc) is 2.86. The van der Waals surface area contributed by atoms with Crippen LogP contribution in [0.25, 0.3) is 0 Å². The molecule has 0 radical (unpaired) electrons. The van der Waals surface area contributed by atoms with Crippen molar-refractivity contribution in [2.45, 2.75) is 38.3 Å². The quantitative estimate of drug-likeness (QED) is 0.715. The molecule has 3 atom stereocenters. The molecule has 2 saturated heterocycles. The van der Waals surface area contributed by atoms with Gasteiger partial charge in [-0.05, 0) is 44.4 Å². The molecule has 0 aliphatic carbocycles. The van der Waals surface area contributed by atoms with Crippen LogP contribution in [-0.4, -0.2) is 35.9 Å². The van der Waals surface area contributed by atoms with Gasteiger partial charge >= 0.3 is 0 Å². The predicted octanol–water partition coefficient (Wildman–Crippen LogP) is 2.42. The number of ether oxygens (including phenoxy) is 1. The fourth-order valence-electron chi connectivity index (χ4n) is 4.12. The minimum Gasteiger partial charge on any atom is -0.489 e. The number of hydrogen-bond acceptors (Lipinski definition) is 3. The Kier molecular flexibility index (Phi) is 2.46. The highest BCUT2D eigenvalue weighted by Crippen LogP contribution is 2.41. The molecule has 2 fully saturated rings. The van der Waals surface area contributed by atoms with Gasteiger partial charge in [0.05, 0.1) is 11.5 Å². The van der Waals surface area contributed by atoms with E-state index in [-0.39, 0.29) is 12.0 Å². The number of carbonyl (C=O) groups excluding carboxylic acids is 1. The first-order chi connectivity index (χ1) is 9.25. The standard InChI is InChI=1S/C16H19NO2/c1-10-4-2-6-12-14(10)16(18)15-11-5-3-8-17(11)9-7-13(15)19-12/h2,4,6,11,13,15H,3,5,7-9H2,1H3/t11-,13-,15-/m1/s1. The fourth-order valence-corrected chi connectivity index (χ4v) is 4.12. The van der Waals surface area contributed by atoms with Crippen LogP contribution in [0.5, 0.6) is 5.75 Å². The van der Waals surface area contributed by atoms with Gasteiger partial charge in [0.25, 0.3) is 0 Å². The molecule has 3 aliphatic heterocycles. The molecule has 3 aliphatic rings. The number of rotatable bonds is 0. The van der Waals surface area contributed by atoms with Crippen molar-refractivity contribution in [3.63, 3.8) is 0 Å². The van der Waals surface area contributed by atoms with Crippen LogP contribution in [0.4, 0.5) is 0 Å². The van der Waals surface area contributed by atoms with Crippen molar-refractivity contribution >= 4 is 5.78 Å². The molecule has 1 aromatic rings. The van der Waals surface area contributed by atoms with Crippen LogP contribution in [0.3, 0.4) is 0 Å². The smallest absolute Gasteiger partial charge is 0.175 e. The Morgan fingerprint density at radius 3 is 3.05 bits per heavy atom. The van der Waals surface area contributed by atoms with Gasteiger partial charge in [0, 0.05) is 12.6 Å². The van der Waals surface area contributed by atoms with E-state index in [0.717, 1.165) is 42.8 Å². The second-order valence-electron chi connectivity index (χ2n) is 6.03. The summed E-state index contributed by atoms with van der Waals surface area (Å²) in [5.74, 6) is 1.18. The minimum atomic E-state index is 0.0600. The molecule has 19 heavy (non-hydrogen) atoms. The van der Waals surface area contributed by atoms with Gasteiger partial charge in [-0.25, -0.2) is 0 Å². The first-order valence-electron chi connectivity index (χ1n) is 7.30. The highest BCUT2D eigenvalue weighted by Gasteiger charge is 2.48. The van der Waals surface area contributed by atoms with Crippen molar-refractivity contribution in [3.05, 3.63) is 29.3 Å². The van der Waals surface area contributed by atoms with Crippen LogP contribution in [0.2, 0.25) is 0 Å². The summed E-state index contributed by atoms with van der Waals surface area (Å²) in [7, 11) is 0. The third-order valence-electron chi connectivity index (χ3n) is 4.99. The Morgan fingerprint density at radius 2 is 2.16 bits per heavy atom. The summed E-state index contributed by atoms with van der Waals surface area (Å²) in [5, 5.41) is 0. The van der Waals surface area contributed by atoms with Gasteiger partial charge in [0.1, 0.15) is 11.9 Å². The molecular formula is C16H19NO2. The Balaban J connectivity index is 1.79. The van der Waals surface area contributed by atoms with Crippen LogP contribution < -0.4 is 4.74 Å². The van der Waals surface area contributed by atoms with Gasteiger partial charge in [0.2, 0.25) is 0 Å². The van der Waals surface area contributed by atoms with E-state index in [2.05, 4.69) is 4.90 Å². The number of nitrogens with zero attached hydrogens (tertiary/aromatic N) is 1. The zero-order chi connectivity index (χ0) is 13.0. The molecule has 0 unspecified atom stereocenters. The zero-order valence-electron chi connectivity index (χ0n) is 11.3. The summed E-state index contributed by atoms with van der Waals surface area (Å²) in [6, 6.07) is 6.35. The lowest BCUT2D eigenvalue weighted by Crippen LogP contribution is -2.54. The third kappa shape index (κ3) is 1.57. The molecule has 0 N–H and O–H groups in total. The van der Waals surface area contributed by atoms with Gasteiger partial charge in [-0.2, -0.15) is 0 Å². The van der Waals surface area contributed by atoms with E-state index < -0.39 is 0 Å². The SMILES string of the molecule is Cc1cccc2c1C(=O)[C@@H]1[C@H]3CCCN3CC[C@H]1O2. The number of benzene rings is 1. The summed E-state index contributed by atoms with van der Waals surface area (Å²) in [4.78, 5) is 15.4. The van der Waals surface area contributed by atoms with E-state index in [1.165, 1.54) is 6.42 Å². The number of Topliss-reactive ketones (excluding diaryl/α,β-unsaturated/α-hetero) is 1. The number of carbonyl (C=O) groups is 1. The molecule has 0 bridgehead atoms. The second-order valence-corrected chi connectivity index (χ2v) is 6.03. The molecular weight excluding hydrogens is 238 g/mol. The molecule has 3 heterocycles. The number of aryl methyl sites for hydroxylation is 1. The molecule has 1 aromatic carbocycles. The van der Waals surface area contributed by atoms with Crippen LogP contribution in [0.1, 0.15) is 35.2 Å². The minimum absolute atomic E-state index is 0.0600. The third-order valence-corrected chi connectivity index (χ3v) is 4.99. The predicted molar refractivity (Wildman–Crippen MR) is 72.6 cm³/mol. The van der Waals surface area contributed by atoms with E-state index in [4.69, 9.17) is 4.74 Å². The van der Waals surface area contributed by atoms with Crippen LogP contribution >= 0.6 is 0 Å². The van der Waals surface area contributed by atoms with E-state index in [9.17, 15) is 4.79 Å². The number of piperidine rings is 1. The van der Waals surface area contributed by atoms with Gasteiger partial charge < -0.3 is 4.74 Å². The lowest BCUT2D eigenvalue weighted by molar-refractivity contribution is 0.0103. The molecule has 100 valence electrons. The Bertz CT molecular complexity index is 540. The van der Waals surface area contributed by atoms with Gasteiger partial charge in [-0.15, -0.1) is 0 Å². The molecule has 0 aromatic heterocycles. The summed E-state index contributed by atoms with van der Waals surface area (Å²) in [6.45, 7) is 4.25. The molecule has 4 rings (SSSR count). The lowest BCUT2D eigenvalue weighted by Gasteiger charge is -2.44. The average molecular weight is 257 g/mol. The fraction of sp³-hybridized carbons (Fsp3) is 0.562. The Labute approximate surface area is 113 Å². The monoisotopic (exact) mass is 257 g/mol. The number of fused-ring (bicyclic) bond motifs is 4. The molecule has 0 amide bonds. The van der Waals surface area contributed by atoms with Gasteiger partial charge in [-0.3, -0.25) is 9.69 Å². The van der Waals surface area contributed by atoms with Crippen molar-refractivity contribution in [1.29, 1.82) is 0 Å². The molecule has 3 nitrogen and oxygen atoms in total. The summed E-state index contributed by atoms with van der Waals surface area (Å²) >= 11 is 0. The Morgan fingerprint density at radius 1 is 1.26 bits per heavy atom. The van der Waals surface area contributed by atoms with Crippen LogP contribution in [-0.2, 0) is 0 Å². The van der Waals surface area contributed by atoms with Gasteiger partial charge in [-0.1, -0.05) is 12.1 Å². The maximum atomic E-state index is 12.9. The van der Waals surface area contributed by atoms with E-state index in [1.807, 2.05) is 25.1 Å². The molecule has 3 heteroatoms. The van der Waals surface area contributed by atoms with Crippen LogP contribution in [0.15, 0.2) is 18.2 Å². The summed E-state index contributed by atoms with van der Waals surface area (Å²) in [6.07, 6.45) is 3.46. The summed E-state index contributed by atoms with van der Waals surface area (Å²) in [5.41, 5.74) is 1.88. The van der Waals surface area contributed by atoms with Crippen LogP contribution in [0, 0.1) is 12.8 Å². The topological polar surface area (TPSA) is 29.5 Å².